The van der Waals surface area contributed by atoms with Gasteiger partial charge >= 0.3 is 0 Å². The average molecular weight is 285 g/mol. The van der Waals surface area contributed by atoms with Crippen molar-refractivity contribution in [2.24, 2.45) is 11.7 Å². The van der Waals surface area contributed by atoms with Gasteiger partial charge in [-0.1, -0.05) is 35.8 Å². The molecule has 0 spiro atoms. The molecule has 90 valence electrons. The number of benzene rings is 1. The molecule has 0 aliphatic rings. The van der Waals surface area contributed by atoms with E-state index in [1.165, 1.54) is 11.3 Å². The van der Waals surface area contributed by atoms with Crippen molar-refractivity contribution in [3.8, 4) is 0 Å². The van der Waals surface area contributed by atoms with Crippen LogP contribution >= 0.6 is 15.9 Å². The zero-order chi connectivity index (χ0) is 12.3. The van der Waals surface area contributed by atoms with Crippen molar-refractivity contribution < 1.29 is 0 Å². The first kappa shape index (κ1) is 13.5. The summed E-state index contributed by atoms with van der Waals surface area (Å²) in [6.07, 6.45) is 0. The Labute approximate surface area is 107 Å². The van der Waals surface area contributed by atoms with Crippen LogP contribution in [0.25, 0.3) is 0 Å². The Balaban J connectivity index is 3.04. The van der Waals surface area contributed by atoms with E-state index < -0.39 is 0 Å². The highest BCUT2D eigenvalue weighted by Gasteiger charge is 2.12. The first-order valence-electron chi connectivity index (χ1n) is 5.68. The second kappa shape index (κ2) is 5.69. The molecule has 1 aromatic carbocycles. The molecule has 2 nitrogen and oxygen atoms in total. The molecule has 0 amide bonds. The van der Waals surface area contributed by atoms with Crippen molar-refractivity contribution in [3.05, 3.63) is 28.2 Å². The quantitative estimate of drug-likeness (QED) is 0.916. The normalized spacial score (nSPS) is 12.9. The fourth-order valence-electron chi connectivity index (χ4n) is 1.88. The van der Waals surface area contributed by atoms with Crippen molar-refractivity contribution in [1.82, 2.24) is 0 Å². The molecule has 0 bridgehead atoms. The smallest absolute Gasteiger partial charge is 0.0423 e. The summed E-state index contributed by atoms with van der Waals surface area (Å²) in [6.45, 7) is 7.51. The van der Waals surface area contributed by atoms with Gasteiger partial charge in [0.2, 0.25) is 0 Å². The van der Waals surface area contributed by atoms with E-state index in [0.717, 1.165) is 11.0 Å². The number of nitrogens with two attached hydrogens (primary N) is 1. The van der Waals surface area contributed by atoms with E-state index in [1.807, 2.05) is 13.0 Å². The van der Waals surface area contributed by atoms with Gasteiger partial charge < -0.3 is 10.6 Å². The lowest BCUT2D eigenvalue weighted by atomic mass is 10.1. The lowest BCUT2D eigenvalue weighted by molar-refractivity contribution is 0.635. The number of hydrogen-bond acceptors (Lipinski definition) is 2. The van der Waals surface area contributed by atoms with Crippen LogP contribution in [0.5, 0.6) is 0 Å². The topological polar surface area (TPSA) is 29.3 Å². The van der Waals surface area contributed by atoms with E-state index in [2.05, 4.69) is 53.9 Å². The Hall–Kier alpha value is -0.540. The van der Waals surface area contributed by atoms with Gasteiger partial charge in [-0.3, -0.25) is 0 Å². The van der Waals surface area contributed by atoms with Crippen LogP contribution in [-0.2, 0) is 0 Å². The molecule has 0 heterocycles. The van der Waals surface area contributed by atoms with E-state index in [0.29, 0.717) is 5.92 Å². The van der Waals surface area contributed by atoms with Gasteiger partial charge in [-0.05, 0) is 30.5 Å². The second-order valence-corrected chi connectivity index (χ2v) is 5.68. The molecule has 0 aliphatic heterocycles. The lowest BCUT2D eigenvalue weighted by Crippen LogP contribution is -2.24. The monoisotopic (exact) mass is 284 g/mol. The summed E-state index contributed by atoms with van der Waals surface area (Å²) in [6, 6.07) is 6.35. The molecular weight excluding hydrogens is 264 g/mol. The molecule has 1 aromatic rings. The highest BCUT2D eigenvalue weighted by atomic mass is 79.9. The SMILES string of the molecule is CC(C)CN(C)c1cc(Br)ccc1C(C)N. The molecule has 0 aliphatic carbocycles. The van der Waals surface area contributed by atoms with Crippen LogP contribution < -0.4 is 10.6 Å². The third kappa shape index (κ3) is 3.49. The Morgan fingerprint density at radius 3 is 2.44 bits per heavy atom. The Morgan fingerprint density at radius 2 is 1.94 bits per heavy atom. The minimum atomic E-state index is 0.0673. The number of nitrogens with zero attached hydrogens (tertiary/aromatic N) is 1. The average Bonchev–Trinajstić information content (AvgIpc) is 2.15. The minimum absolute atomic E-state index is 0.0673. The first-order valence-corrected chi connectivity index (χ1v) is 6.47. The van der Waals surface area contributed by atoms with Crippen molar-refractivity contribution in [3.63, 3.8) is 0 Å². The second-order valence-electron chi connectivity index (χ2n) is 4.77. The van der Waals surface area contributed by atoms with E-state index in [9.17, 15) is 0 Å². The Bertz CT molecular complexity index is 348. The van der Waals surface area contributed by atoms with Crippen molar-refractivity contribution >= 4 is 21.6 Å². The molecule has 0 aromatic heterocycles. The minimum Gasteiger partial charge on any atom is -0.374 e. The van der Waals surface area contributed by atoms with Crippen LogP contribution in [0.3, 0.4) is 0 Å². The molecule has 1 unspecified atom stereocenters. The van der Waals surface area contributed by atoms with Gasteiger partial charge in [-0.2, -0.15) is 0 Å². The largest absolute Gasteiger partial charge is 0.374 e. The highest BCUT2D eigenvalue weighted by Crippen LogP contribution is 2.28. The third-order valence-corrected chi connectivity index (χ3v) is 3.03. The van der Waals surface area contributed by atoms with Gasteiger partial charge in [0.15, 0.2) is 0 Å². The van der Waals surface area contributed by atoms with Crippen molar-refractivity contribution in [1.29, 1.82) is 0 Å². The van der Waals surface area contributed by atoms with E-state index in [4.69, 9.17) is 5.73 Å². The van der Waals surface area contributed by atoms with Crippen LogP contribution in [0.1, 0.15) is 32.4 Å². The third-order valence-electron chi connectivity index (χ3n) is 2.53. The molecule has 0 fully saturated rings. The van der Waals surface area contributed by atoms with Gasteiger partial charge in [-0.15, -0.1) is 0 Å². The molecule has 2 N–H and O–H groups in total. The van der Waals surface area contributed by atoms with Crippen LogP contribution in [0.4, 0.5) is 5.69 Å². The first-order chi connectivity index (χ1) is 7.41. The fourth-order valence-corrected chi connectivity index (χ4v) is 2.23. The molecule has 3 heteroatoms. The summed E-state index contributed by atoms with van der Waals surface area (Å²) >= 11 is 3.51. The van der Waals surface area contributed by atoms with Crippen LogP contribution in [0, 0.1) is 5.92 Å². The lowest BCUT2D eigenvalue weighted by Gasteiger charge is -2.25. The fraction of sp³-hybridized carbons (Fsp3) is 0.538. The van der Waals surface area contributed by atoms with Gasteiger partial charge in [0.25, 0.3) is 0 Å². The van der Waals surface area contributed by atoms with Crippen LogP contribution in [0.2, 0.25) is 0 Å². The summed E-state index contributed by atoms with van der Waals surface area (Å²) in [5, 5.41) is 0. The maximum absolute atomic E-state index is 5.99. The van der Waals surface area contributed by atoms with Crippen LogP contribution in [-0.4, -0.2) is 13.6 Å². The van der Waals surface area contributed by atoms with E-state index >= 15 is 0 Å². The standard InChI is InChI=1S/C13H21BrN2/c1-9(2)8-16(4)13-7-11(14)5-6-12(13)10(3)15/h5-7,9-10H,8,15H2,1-4H3. The molecule has 0 radical (unpaired) electrons. The van der Waals surface area contributed by atoms with Gasteiger partial charge in [0.05, 0.1) is 0 Å². The van der Waals surface area contributed by atoms with Crippen molar-refractivity contribution in [2.45, 2.75) is 26.8 Å². The summed E-state index contributed by atoms with van der Waals surface area (Å²) < 4.78 is 1.10. The predicted octanol–water partition coefficient (Wildman–Crippen LogP) is 3.56. The summed E-state index contributed by atoms with van der Waals surface area (Å²) in [7, 11) is 2.12. The Morgan fingerprint density at radius 1 is 1.31 bits per heavy atom. The number of rotatable bonds is 4. The maximum atomic E-state index is 5.99. The molecule has 0 saturated carbocycles. The maximum Gasteiger partial charge on any atom is 0.0423 e. The molecule has 16 heavy (non-hydrogen) atoms. The predicted molar refractivity (Wildman–Crippen MR) is 74.9 cm³/mol. The number of anilines is 1. The summed E-state index contributed by atoms with van der Waals surface area (Å²) in [5.74, 6) is 0.643. The molecule has 1 rings (SSSR count). The van der Waals surface area contributed by atoms with Gasteiger partial charge in [0.1, 0.15) is 0 Å². The van der Waals surface area contributed by atoms with E-state index in [1.54, 1.807) is 0 Å². The zero-order valence-corrected chi connectivity index (χ0v) is 12.1. The number of hydrogen-bond donors (Lipinski definition) is 1. The van der Waals surface area contributed by atoms with Gasteiger partial charge in [0, 0.05) is 29.8 Å². The van der Waals surface area contributed by atoms with Crippen LogP contribution in [0.15, 0.2) is 22.7 Å². The van der Waals surface area contributed by atoms with Gasteiger partial charge in [-0.25, -0.2) is 0 Å². The summed E-state index contributed by atoms with van der Waals surface area (Å²) in [5.41, 5.74) is 8.41. The molecule has 1 atom stereocenters. The molecule has 0 saturated heterocycles. The highest BCUT2D eigenvalue weighted by molar-refractivity contribution is 9.10. The number of halogens is 1. The van der Waals surface area contributed by atoms with E-state index in [-0.39, 0.29) is 6.04 Å². The Kier molecular flexibility index (Phi) is 4.81. The molecular formula is C13H21BrN2. The van der Waals surface area contributed by atoms with Crippen molar-refractivity contribution in [2.75, 3.05) is 18.5 Å². The zero-order valence-electron chi connectivity index (χ0n) is 10.5. The summed E-state index contributed by atoms with van der Waals surface area (Å²) in [4.78, 5) is 2.27.